The Kier molecular flexibility index (Phi) is 5.09. The van der Waals surface area contributed by atoms with Crippen molar-refractivity contribution in [2.75, 3.05) is 12.4 Å². The molecule has 0 radical (unpaired) electrons. The Morgan fingerprint density at radius 2 is 1.88 bits per heavy atom. The highest BCUT2D eigenvalue weighted by Crippen LogP contribution is 2.29. The van der Waals surface area contributed by atoms with Crippen molar-refractivity contribution in [2.24, 2.45) is 0 Å². The third kappa shape index (κ3) is 3.68. The van der Waals surface area contributed by atoms with Gasteiger partial charge in [-0.2, -0.15) is 0 Å². The zero-order valence-electron chi connectivity index (χ0n) is 14.2. The Balaban J connectivity index is 1.88. The van der Waals surface area contributed by atoms with Crippen LogP contribution in [0.1, 0.15) is 24.8 Å². The van der Waals surface area contributed by atoms with Crippen LogP contribution >= 0.6 is 0 Å². The average molecular weight is 336 g/mol. The van der Waals surface area contributed by atoms with Gasteiger partial charge in [-0.15, -0.1) is 10.2 Å². The molecular weight excluding hydrogens is 316 g/mol. The van der Waals surface area contributed by atoms with Gasteiger partial charge >= 0.3 is 0 Å². The molecule has 1 heterocycles. The summed E-state index contributed by atoms with van der Waals surface area (Å²) in [5, 5.41) is 10.6. The molecule has 1 atom stereocenters. The van der Waals surface area contributed by atoms with E-state index in [1.807, 2.05) is 55.5 Å². The number of carbonyl (C=O) groups is 1. The zero-order valence-corrected chi connectivity index (χ0v) is 14.2. The molecule has 1 N–H and O–H groups in total. The van der Waals surface area contributed by atoms with E-state index < -0.39 is 0 Å². The van der Waals surface area contributed by atoms with E-state index in [9.17, 15) is 4.79 Å². The molecule has 6 nitrogen and oxygen atoms in total. The van der Waals surface area contributed by atoms with Crippen LogP contribution in [0.2, 0.25) is 0 Å². The fourth-order valence-electron chi connectivity index (χ4n) is 2.77. The van der Waals surface area contributed by atoms with Crippen LogP contribution in [0.5, 0.6) is 5.75 Å². The smallest absolute Gasteiger partial charge is 0.232 e. The Hall–Kier alpha value is -3.15. The van der Waals surface area contributed by atoms with E-state index in [0.29, 0.717) is 17.9 Å². The van der Waals surface area contributed by atoms with Crippen molar-refractivity contribution in [1.29, 1.82) is 0 Å². The van der Waals surface area contributed by atoms with E-state index >= 15 is 0 Å². The topological polar surface area (TPSA) is 69.0 Å². The second-order valence-corrected chi connectivity index (χ2v) is 5.61. The highest BCUT2D eigenvalue weighted by Gasteiger charge is 2.20. The van der Waals surface area contributed by atoms with Gasteiger partial charge in [0.25, 0.3) is 0 Å². The average Bonchev–Trinajstić information content (AvgIpc) is 3.18. The Morgan fingerprint density at radius 3 is 2.52 bits per heavy atom. The van der Waals surface area contributed by atoms with E-state index in [1.165, 1.54) is 0 Å². The van der Waals surface area contributed by atoms with Gasteiger partial charge in [0.2, 0.25) is 5.91 Å². The van der Waals surface area contributed by atoms with Crippen LogP contribution < -0.4 is 10.1 Å². The van der Waals surface area contributed by atoms with Crippen molar-refractivity contribution in [3.05, 3.63) is 66.7 Å². The highest BCUT2D eigenvalue weighted by molar-refractivity contribution is 5.97. The molecule has 6 heteroatoms. The lowest BCUT2D eigenvalue weighted by Gasteiger charge is -2.17. The van der Waals surface area contributed by atoms with Crippen molar-refractivity contribution in [3.63, 3.8) is 0 Å². The van der Waals surface area contributed by atoms with Crippen LogP contribution in [-0.2, 0) is 4.79 Å². The molecule has 0 bridgehead atoms. The summed E-state index contributed by atoms with van der Waals surface area (Å²) in [4.78, 5) is 12.8. The first kappa shape index (κ1) is 16.7. The third-order valence-electron chi connectivity index (χ3n) is 4.08. The number of benzene rings is 2. The zero-order chi connectivity index (χ0) is 17.6. The standard InChI is InChI=1S/C19H20N4O2/c1-3-16(14-7-5-4-6-8-14)19(24)22-17-11-15(9-10-18(17)25-2)23-12-20-21-13-23/h4-13,16H,3H2,1-2H3,(H,22,24)/t16-/m0/s1. The van der Waals surface area contributed by atoms with Crippen LogP contribution in [0.15, 0.2) is 61.2 Å². The number of nitrogens with zero attached hydrogens (tertiary/aromatic N) is 3. The predicted octanol–water partition coefficient (Wildman–Crippen LogP) is 3.41. The largest absolute Gasteiger partial charge is 0.495 e. The van der Waals surface area contributed by atoms with Crippen molar-refractivity contribution in [1.82, 2.24) is 14.8 Å². The molecular formula is C19H20N4O2. The fraction of sp³-hybridized carbons (Fsp3) is 0.211. The molecule has 25 heavy (non-hydrogen) atoms. The number of carbonyl (C=O) groups excluding carboxylic acids is 1. The minimum absolute atomic E-state index is 0.0621. The van der Waals surface area contributed by atoms with Gasteiger partial charge in [-0.1, -0.05) is 37.3 Å². The third-order valence-corrected chi connectivity index (χ3v) is 4.08. The molecule has 1 aromatic heterocycles. The first-order valence-corrected chi connectivity index (χ1v) is 8.11. The first-order valence-electron chi connectivity index (χ1n) is 8.11. The summed E-state index contributed by atoms with van der Waals surface area (Å²) >= 11 is 0. The van der Waals surface area contributed by atoms with Gasteiger partial charge in [-0.25, -0.2) is 0 Å². The van der Waals surface area contributed by atoms with Gasteiger partial charge in [0.15, 0.2) is 0 Å². The van der Waals surface area contributed by atoms with Crippen molar-refractivity contribution < 1.29 is 9.53 Å². The first-order chi connectivity index (χ1) is 12.2. The van der Waals surface area contributed by atoms with Crippen molar-refractivity contribution >= 4 is 11.6 Å². The van der Waals surface area contributed by atoms with E-state index in [2.05, 4.69) is 15.5 Å². The molecule has 0 saturated heterocycles. The summed E-state index contributed by atoms with van der Waals surface area (Å²) in [6.45, 7) is 2.00. The molecule has 128 valence electrons. The minimum Gasteiger partial charge on any atom is -0.495 e. The summed E-state index contributed by atoms with van der Waals surface area (Å²) in [5.41, 5.74) is 2.46. The minimum atomic E-state index is -0.218. The molecule has 0 aliphatic carbocycles. The number of hydrogen-bond acceptors (Lipinski definition) is 4. The SMILES string of the molecule is CC[C@H](C(=O)Nc1cc(-n2cnnc2)ccc1OC)c1ccccc1. The van der Waals surface area contributed by atoms with Crippen LogP contribution in [0.4, 0.5) is 5.69 Å². The molecule has 2 aromatic carbocycles. The molecule has 1 amide bonds. The summed E-state index contributed by atoms with van der Waals surface area (Å²) < 4.78 is 7.15. The lowest BCUT2D eigenvalue weighted by atomic mass is 9.95. The van der Waals surface area contributed by atoms with E-state index in [0.717, 1.165) is 11.3 Å². The van der Waals surface area contributed by atoms with Crippen molar-refractivity contribution in [2.45, 2.75) is 19.3 Å². The Morgan fingerprint density at radius 1 is 1.16 bits per heavy atom. The second kappa shape index (κ2) is 7.61. The second-order valence-electron chi connectivity index (χ2n) is 5.61. The van der Waals surface area contributed by atoms with Crippen LogP contribution in [0.3, 0.4) is 0 Å². The molecule has 3 aromatic rings. The van der Waals surface area contributed by atoms with E-state index in [4.69, 9.17) is 4.74 Å². The molecule has 0 saturated carbocycles. The molecule has 0 aliphatic heterocycles. The number of methoxy groups -OCH3 is 1. The van der Waals surface area contributed by atoms with Crippen LogP contribution in [0, 0.1) is 0 Å². The molecule has 0 fully saturated rings. The normalized spacial score (nSPS) is 11.8. The Labute approximate surface area is 146 Å². The van der Waals surface area contributed by atoms with Crippen molar-refractivity contribution in [3.8, 4) is 11.4 Å². The molecule has 0 unspecified atom stereocenters. The van der Waals surface area contributed by atoms with Crippen LogP contribution in [-0.4, -0.2) is 27.8 Å². The summed E-state index contributed by atoms with van der Waals surface area (Å²) in [5.74, 6) is 0.325. The van der Waals surface area contributed by atoms with Gasteiger partial charge < -0.3 is 10.1 Å². The number of anilines is 1. The maximum atomic E-state index is 12.8. The maximum absolute atomic E-state index is 12.8. The molecule has 0 spiro atoms. The fourth-order valence-corrected chi connectivity index (χ4v) is 2.77. The summed E-state index contributed by atoms with van der Waals surface area (Å²) in [7, 11) is 1.58. The molecule has 0 aliphatic rings. The monoisotopic (exact) mass is 336 g/mol. The highest BCUT2D eigenvalue weighted by atomic mass is 16.5. The lowest BCUT2D eigenvalue weighted by molar-refractivity contribution is -0.117. The lowest BCUT2D eigenvalue weighted by Crippen LogP contribution is -2.21. The maximum Gasteiger partial charge on any atom is 0.232 e. The number of ether oxygens (including phenoxy) is 1. The summed E-state index contributed by atoms with van der Waals surface area (Å²) in [6.07, 6.45) is 3.92. The van der Waals surface area contributed by atoms with Gasteiger partial charge in [0, 0.05) is 0 Å². The number of nitrogens with one attached hydrogen (secondary N) is 1. The van der Waals surface area contributed by atoms with Gasteiger partial charge in [-0.3, -0.25) is 9.36 Å². The number of aromatic nitrogens is 3. The summed E-state index contributed by atoms with van der Waals surface area (Å²) in [6, 6.07) is 15.3. The number of amides is 1. The predicted molar refractivity (Wildman–Crippen MR) is 96.0 cm³/mol. The van der Waals surface area contributed by atoms with Gasteiger partial charge in [-0.05, 0) is 30.2 Å². The van der Waals surface area contributed by atoms with Crippen LogP contribution in [0.25, 0.3) is 5.69 Å². The number of rotatable bonds is 6. The Bertz CT molecular complexity index is 832. The quantitative estimate of drug-likeness (QED) is 0.749. The van der Waals surface area contributed by atoms with E-state index in [1.54, 1.807) is 24.3 Å². The number of hydrogen-bond donors (Lipinski definition) is 1. The van der Waals surface area contributed by atoms with Gasteiger partial charge in [0.1, 0.15) is 18.4 Å². The van der Waals surface area contributed by atoms with E-state index in [-0.39, 0.29) is 11.8 Å². The van der Waals surface area contributed by atoms with Gasteiger partial charge in [0.05, 0.1) is 24.4 Å². The molecule has 3 rings (SSSR count).